The van der Waals surface area contributed by atoms with E-state index in [9.17, 15) is 4.39 Å². The predicted octanol–water partition coefficient (Wildman–Crippen LogP) is 2.64. The van der Waals surface area contributed by atoms with Gasteiger partial charge in [-0.25, -0.2) is 9.37 Å². The quantitative estimate of drug-likeness (QED) is 0.842. The molecule has 0 radical (unpaired) electrons. The standard InChI is InChI=1S/C11H13FN2O/c1-3-8(13-2)11-14-9-5-4-7(12)6-10(9)15-11/h4-6,8,13H,3H2,1-2H3. The number of aromatic nitrogens is 1. The van der Waals surface area contributed by atoms with Crippen LogP contribution in [0.15, 0.2) is 22.6 Å². The molecule has 0 aliphatic rings. The Morgan fingerprint density at radius 1 is 1.53 bits per heavy atom. The number of oxazole rings is 1. The Labute approximate surface area is 87.3 Å². The molecule has 3 nitrogen and oxygen atoms in total. The maximum Gasteiger partial charge on any atom is 0.212 e. The van der Waals surface area contributed by atoms with Gasteiger partial charge in [-0.2, -0.15) is 0 Å². The van der Waals surface area contributed by atoms with Crippen LogP contribution in [-0.4, -0.2) is 12.0 Å². The first-order valence-electron chi connectivity index (χ1n) is 4.98. The maximum absolute atomic E-state index is 12.9. The number of fused-ring (bicyclic) bond motifs is 1. The van der Waals surface area contributed by atoms with Gasteiger partial charge in [0.1, 0.15) is 11.3 Å². The van der Waals surface area contributed by atoms with Crippen LogP contribution in [0, 0.1) is 5.82 Å². The third-order valence-electron chi connectivity index (χ3n) is 2.42. The van der Waals surface area contributed by atoms with Crippen molar-refractivity contribution in [2.45, 2.75) is 19.4 Å². The molecular formula is C11H13FN2O. The minimum absolute atomic E-state index is 0.0838. The fourth-order valence-electron chi connectivity index (χ4n) is 1.57. The maximum atomic E-state index is 12.9. The zero-order valence-corrected chi connectivity index (χ0v) is 8.75. The number of rotatable bonds is 3. The first-order valence-corrected chi connectivity index (χ1v) is 4.98. The molecule has 0 saturated heterocycles. The third-order valence-corrected chi connectivity index (χ3v) is 2.42. The monoisotopic (exact) mass is 208 g/mol. The first kappa shape index (κ1) is 10.1. The lowest BCUT2D eigenvalue weighted by atomic mass is 10.2. The molecular weight excluding hydrogens is 195 g/mol. The molecule has 0 bridgehead atoms. The molecule has 80 valence electrons. The van der Waals surface area contributed by atoms with Crippen molar-refractivity contribution in [3.63, 3.8) is 0 Å². The summed E-state index contributed by atoms with van der Waals surface area (Å²) in [6.45, 7) is 2.04. The zero-order chi connectivity index (χ0) is 10.8. The SMILES string of the molecule is CCC(NC)c1nc2ccc(F)cc2o1. The van der Waals surface area contributed by atoms with E-state index in [2.05, 4.69) is 10.3 Å². The highest BCUT2D eigenvalue weighted by Crippen LogP contribution is 2.22. The smallest absolute Gasteiger partial charge is 0.212 e. The van der Waals surface area contributed by atoms with Gasteiger partial charge in [0.15, 0.2) is 5.58 Å². The Morgan fingerprint density at radius 2 is 2.33 bits per heavy atom. The summed E-state index contributed by atoms with van der Waals surface area (Å²) >= 11 is 0. The second-order valence-electron chi connectivity index (χ2n) is 3.41. The minimum atomic E-state index is -0.303. The molecule has 0 aliphatic carbocycles. The fraction of sp³-hybridized carbons (Fsp3) is 0.364. The van der Waals surface area contributed by atoms with Crippen molar-refractivity contribution in [3.05, 3.63) is 29.9 Å². The normalized spacial score (nSPS) is 13.3. The lowest BCUT2D eigenvalue weighted by Crippen LogP contribution is -2.15. The highest BCUT2D eigenvalue weighted by Gasteiger charge is 2.14. The molecule has 2 rings (SSSR count). The van der Waals surface area contributed by atoms with Crippen LogP contribution < -0.4 is 5.32 Å². The summed E-state index contributed by atoms with van der Waals surface area (Å²) in [6, 6.07) is 4.45. The van der Waals surface area contributed by atoms with Gasteiger partial charge in [0.25, 0.3) is 0 Å². The summed E-state index contributed by atoms with van der Waals surface area (Å²) < 4.78 is 18.4. The van der Waals surface area contributed by atoms with Crippen LogP contribution in [-0.2, 0) is 0 Å². The molecule has 4 heteroatoms. The molecule has 0 amide bonds. The van der Waals surface area contributed by atoms with Gasteiger partial charge in [0.2, 0.25) is 5.89 Å². The van der Waals surface area contributed by atoms with E-state index < -0.39 is 0 Å². The van der Waals surface area contributed by atoms with Gasteiger partial charge in [-0.3, -0.25) is 0 Å². The van der Waals surface area contributed by atoms with Gasteiger partial charge in [0.05, 0.1) is 6.04 Å². The van der Waals surface area contributed by atoms with Crippen LogP contribution in [0.3, 0.4) is 0 Å². The summed E-state index contributed by atoms with van der Waals surface area (Å²) in [6.07, 6.45) is 0.881. The number of hydrogen-bond donors (Lipinski definition) is 1. The molecule has 1 heterocycles. The number of hydrogen-bond acceptors (Lipinski definition) is 3. The Morgan fingerprint density at radius 3 is 3.00 bits per heavy atom. The van der Waals surface area contributed by atoms with Crippen LogP contribution in [0.4, 0.5) is 4.39 Å². The van der Waals surface area contributed by atoms with Crippen molar-refractivity contribution in [1.82, 2.24) is 10.3 Å². The van der Waals surface area contributed by atoms with Crippen molar-refractivity contribution < 1.29 is 8.81 Å². The number of nitrogens with one attached hydrogen (secondary N) is 1. The number of benzene rings is 1. The molecule has 0 spiro atoms. The lowest BCUT2D eigenvalue weighted by Gasteiger charge is -2.07. The van der Waals surface area contributed by atoms with E-state index >= 15 is 0 Å². The third kappa shape index (κ3) is 1.85. The molecule has 2 aromatic rings. The Kier molecular flexibility index (Phi) is 2.68. The molecule has 0 saturated carbocycles. The van der Waals surface area contributed by atoms with Crippen LogP contribution in [0.25, 0.3) is 11.1 Å². The molecule has 1 aromatic carbocycles. The summed E-state index contributed by atoms with van der Waals surface area (Å²) in [5, 5.41) is 3.09. The number of nitrogens with zero attached hydrogens (tertiary/aromatic N) is 1. The summed E-state index contributed by atoms with van der Waals surface area (Å²) in [7, 11) is 1.85. The van der Waals surface area contributed by atoms with Gasteiger partial charge in [-0.1, -0.05) is 6.92 Å². The van der Waals surface area contributed by atoms with E-state index in [0.29, 0.717) is 17.0 Å². The van der Waals surface area contributed by atoms with E-state index in [0.717, 1.165) is 6.42 Å². The van der Waals surface area contributed by atoms with Crippen molar-refractivity contribution in [2.24, 2.45) is 0 Å². The fourth-order valence-corrected chi connectivity index (χ4v) is 1.57. The molecule has 1 unspecified atom stereocenters. The van der Waals surface area contributed by atoms with E-state index in [1.807, 2.05) is 14.0 Å². The van der Waals surface area contributed by atoms with Gasteiger partial charge < -0.3 is 9.73 Å². The second kappa shape index (κ2) is 3.98. The topological polar surface area (TPSA) is 38.1 Å². The van der Waals surface area contributed by atoms with Crippen molar-refractivity contribution in [3.8, 4) is 0 Å². The summed E-state index contributed by atoms with van der Waals surface area (Å²) in [4.78, 5) is 4.30. The van der Waals surface area contributed by atoms with E-state index in [1.165, 1.54) is 12.1 Å². The van der Waals surface area contributed by atoms with Gasteiger partial charge in [-0.15, -0.1) is 0 Å². The number of halogens is 1. The van der Waals surface area contributed by atoms with Crippen LogP contribution >= 0.6 is 0 Å². The van der Waals surface area contributed by atoms with Gasteiger partial charge >= 0.3 is 0 Å². The van der Waals surface area contributed by atoms with E-state index in [4.69, 9.17) is 4.42 Å². The van der Waals surface area contributed by atoms with Gasteiger partial charge in [-0.05, 0) is 25.6 Å². The summed E-state index contributed by atoms with van der Waals surface area (Å²) in [5.74, 6) is 0.309. The largest absolute Gasteiger partial charge is 0.439 e. The minimum Gasteiger partial charge on any atom is -0.439 e. The first-order chi connectivity index (χ1) is 7.24. The molecule has 15 heavy (non-hydrogen) atoms. The Balaban J connectivity index is 2.46. The highest BCUT2D eigenvalue weighted by molar-refractivity contribution is 5.72. The second-order valence-corrected chi connectivity index (χ2v) is 3.41. The average molecular weight is 208 g/mol. The van der Waals surface area contributed by atoms with Gasteiger partial charge in [0, 0.05) is 6.07 Å². The molecule has 0 aliphatic heterocycles. The summed E-state index contributed by atoms with van der Waals surface area (Å²) in [5.41, 5.74) is 1.19. The van der Waals surface area contributed by atoms with Crippen molar-refractivity contribution >= 4 is 11.1 Å². The lowest BCUT2D eigenvalue weighted by molar-refractivity contribution is 0.426. The molecule has 0 fully saturated rings. The Bertz CT molecular complexity index is 463. The predicted molar refractivity (Wildman–Crippen MR) is 56.1 cm³/mol. The highest BCUT2D eigenvalue weighted by atomic mass is 19.1. The van der Waals surface area contributed by atoms with Crippen molar-refractivity contribution in [2.75, 3.05) is 7.05 Å². The average Bonchev–Trinajstić information content (AvgIpc) is 2.62. The van der Waals surface area contributed by atoms with Crippen molar-refractivity contribution in [1.29, 1.82) is 0 Å². The zero-order valence-electron chi connectivity index (χ0n) is 8.75. The van der Waals surface area contributed by atoms with Crippen LogP contribution in [0.5, 0.6) is 0 Å². The van der Waals surface area contributed by atoms with E-state index in [-0.39, 0.29) is 11.9 Å². The van der Waals surface area contributed by atoms with Crippen LogP contribution in [0.1, 0.15) is 25.3 Å². The van der Waals surface area contributed by atoms with Crippen LogP contribution in [0.2, 0.25) is 0 Å². The Hall–Kier alpha value is -1.42. The van der Waals surface area contributed by atoms with E-state index in [1.54, 1.807) is 6.07 Å². The molecule has 1 aromatic heterocycles. The molecule has 1 N–H and O–H groups in total. The molecule has 1 atom stereocenters.